The summed E-state index contributed by atoms with van der Waals surface area (Å²) >= 11 is 0. The molecule has 0 unspecified atom stereocenters. The Hall–Kier alpha value is -2.50. The van der Waals surface area contributed by atoms with E-state index in [2.05, 4.69) is 34.1 Å². The first-order valence-corrected chi connectivity index (χ1v) is 6.75. The minimum atomic E-state index is -0.359. The summed E-state index contributed by atoms with van der Waals surface area (Å²) < 4.78 is 14.8. The molecule has 0 aliphatic heterocycles. The van der Waals surface area contributed by atoms with Crippen molar-refractivity contribution in [2.45, 2.75) is 19.8 Å². The molecule has 0 aliphatic rings. The molecule has 108 valence electrons. The molecule has 0 radical (unpaired) electrons. The largest absolute Gasteiger partial charge is 0.282 e. The van der Waals surface area contributed by atoms with Crippen LogP contribution in [0.4, 0.5) is 4.39 Å². The van der Waals surface area contributed by atoms with Crippen LogP contribution in [0.5, 0.6) is 0 Å². The van der Waals surface area contributed by atoms with Crippen molar-refractivity contribution in [3.63, 3.8) is 0 Å². The van der Waals surface area contributed by atoms with Crippen molar-refractivity contribution >= 4 is 0 Å². The van der Waals surface area contributed by atoms with Gasteiger partial charge in [0, 0.05) is 30.1 Å². The lowest BCUT2D eigenvalue weighted by Crippen LogP contribution is -1.92. The summed E-state index contributed by atoms with van der Waals surface area (Å²) in [6.07, 6.45) is 4.92. The highest BCUT2D eigenvalue weighted by molar-refractivity contribution is 5.79. The van der Waals surface area contributed by atoms with E-state index in [4.69, 9.17) is 0 Å². The molecule has 3 aromatic heterocycles. The van der Waals surface area contributed by atoms with E-state index < -0.39 is 0 Å². The predicted octanol–water partition coefficient (Wildman–Crippen LogP) is 3.13. The minimum Gasteiger partial charge on any atom is -0.282 e. The molecule has 0 atom stereocenters. The predicted molar refractivity (Wildman–Crippen MR) is 78.1 cm³/mol. The number of pyridine rings is 1. The molecule has 0 saturated carbocycles. The summed E-state index contributed by atoms with van der Waals surface area (Å²) in [5.74, 6) is -0.0425. The molecule has 0 aliphatic carbocycles. The van der Waals surface area contributed by atoms with Gasteiger partial charge in [0.05, 0.1) is 18.1 Å². The lowest BCUT2D eigenvalue weighted by molar-refractivity contribution is 0.621. The fourth-order valence-corrected chi connectivity index (χ4v) is 2.34. The monoisotopic (exact) mass is 285 g/mol. The molecular formula is C15H16FN5. The second-order valence-corrected chi connectivity index (χ2v) is 5.28. The topological polar surface area (TPSA) is 59.4 Å². The second kappa shape index (κ2) is 5.12. The third-order valence-corrected chi connectivity index (χ3v) is 3.34. The van der Waals surface area contributed by atoms with Crippen molar-refractivity contribution in [2.75, 3.05) is 0 Å². The number of H-pyrrole nitrogens is 1. The fourth-order valence-electron chi connectivity index (χ4n) is 2.34. The summed E-state index contributed by atoms with van der Waals surface area (Å²) in [6, 6.07) is 3.02. The molecule has 1 N–H and O–H groups in total. The number of hydrogen-bond acceptors (Lipinski definition) is 3. The third kappa shape index (κ3) is 2.44. The van der Waals surface area contributed by atoms with Crippen LogP contribution in [0.2, 0.25) is 0 Å². The quantitative estimate of drug-likeness (QED) is 0.804. The zero-order valence-corrected chi connectivity index (χ0v) is 12.1. The molecule has 3 heterocycles. The lowest BCUT2D eigenvalue weighted by atomic mass is 9.99. The molecule has 0 amide bonds. The molecule has 0 spiro atoms. The Kier molecular flexibility index (Phi) is 3.29. The van der Waals surface area contributed by atoms with Crippen LogP contribution in [-0.2, 0) is 7.05 Å². The third-order valence-electron chi connectivity index (χ3n) is 3.34. The summed E-state index contributed by atoms with van der Waals surface area (Å²) in [5.41, 5.74) is 4.35. The highest BCUT2D eigenvalue weighted by Gasteiger charge is 2.18. The molecule has 3 rings (SSSR count). The van der Waals surface area contributed by atoms with Gasteiger partial charge >= 0.3 is 0 Å². The highest BCUT2D eigenvalue weighted by atomic mass is 19.1. The number of halogens is 1. The van der Waals surface area contributed by atoms with Gasteiger partial charge in [-0.15, -0.1) is 0 Å². The Balaban J connectivity index is 2.16. The Morgan fingerprint density at radius 1 is 1.19 bits per heavy atom. The van der Waals surface area contributed by atoms with Crippen LogP contribution < -0.4 is 0 Å². The van der Waals surface area contributed by atoms with Crippen molar-refractivity contribution in [1.29, 1.82) is 0 Å². The molecule has 0 aromatic carbocycles. The van der Waals surface area contributed by atoms with Crippen LogP contribution in [-0.4, -0.2) is 25.0 Å². The maximum absolute atomic E-state index is 13.0. The van der Waals surface area contributed by atoms with Crippen LogP contribution in [0.15, 0.2) is 30.7 Å². The lowest BCUT2D eigenvalue weighted by Gasteiger charge is -2.06. The smallest absolute Gasteiger partial charge is 0.141 e. The molecule has 5 nitrogen and oxygen atoms in total. The van der Waals surface area contributed by atoms with Gasteiger partial charge in [-0.05, 0) is 18.1 Å². The van der Waals surface area contributed by atoms with Crippen LogP contribution in [0.3, 0.4) is 0 Å². The van der Waals surface area contributed by atoms with Gasteiger partial charge in [-0.1, -0.05) is 13.8 Å². The standard InChI is InChI=1S/C15H16FN5/c1-9(2)14-11(7-18-19-14)12-8-21(3)20-15(12)13-5-4-10(16)6-17-13/h4-9H,1-3H3,(H,18,19). The average molecular weight is 285 g/mol. The molecular weight excluding hydrogens is 269 g/mol. The van der Waals surface area contributed by atoms with E-state index in [1.807, 2.05) is 13.2 Å². The Morgan fingerprint density at radius 3 is 2.67 bits per heavy atom. The highest BCUT2D eigenvalue weighted by Crippen LogP contribution is 2.33. The maximum Gasteiger partial charge on any atom is 0.141 e. The van der Waals surface area contributed by atoms with E-state index in [1.54, 1.807) is 16.9 Å². The molecule has 3 aromatic rings. The minimum absolute atomic E-state index is 0.316. The molecule has 21 heavy (non-hydrogen) atoms. The average Bonchev–Trinajstić information content (AvgIpc) is 3.05. The first-order valence-electron chi connectivity index (χ1n) is 6.75. The number of nitrogens with one attached hydrogen (secondary N) is 1. The van der Waals surface area contributed by atoms with Crippen molar-refractivity contribution in [2.24, 2.45) is 7.05 Å². The van der Waals surface area contributed by atoms with Gasteiger partial charge in [-0.25, -0.2) is 4.39 Å². The van der Waals surface area contributed by atoms with Crippen molar-refractivity contribution in [1.82, 2.24) is 25.0 Å². The zero-order chi connectivity index (χ0) is 15.0. The number of hydrogen-bond donors (Lipinski definition) is 1. The van der Waals surface area contributed by atoms with Gasteiger partial charge in [0.2, 0.25) is 0 Å². The van der Waals surface area contributed by atoms with Gasteiger partial charge in [0.25, 0.3) is 0 Å². The normalized spacial score (nSPS) is 11.3. The first-order chi connectivity index (χ1) is 10.1. The number of nitrogens with zero attached hydrogens (tertiary/aromatic N) is 4. The summed E-state index contributed by atoms with van der Waals surface area (Å²) in [5, 5.41) is 11.6. The van der Waals surface area contributed by atoms with Gasteiger partial charge < -0.3 is 0 Å². The van der Waals surface area contributed by atoms with Crippen LogP contribution in [0, 0.1) is 5.82 Å². The Bertz CT molecular complexity index is 755. The zero-order valence-electron chi connectivity index (χ0n) is 12.1. The number of aromatic nitrogens is 5. The summed E-state index contributed by atoms with van der Waals surface area (Å²) in [7, 11) is 1.85. The summed E-state index contributed by atoms with van der Waals surface area (Å²) in [4.78, 5) is 4.13. The number of aromatic amines is 1. The molecule has 0 saturated heterocycles. The molecule has 0 bridgehead atoms. The molecule has 6 heteroatoms. The van der Waals surface area contributed by atoms with Crippen LogP contribution >= 0.6 is 0 Å². The van der Waals surface area contributed by atoms with E-state index in [-0.39, 0.29) is 5.82 Å². The van der Waals surface area contributed by atoms with Crippen LogP contribution in [0.25, 0.3) is 22.5 Å². The van der Waals surface area contributed by atoms with E-state index in [0.717, 1.165) is 22.5 Å². The van der Waals surface area contributed by atoms with Crippen LogP contribution in [0.1, 0.15) is 25.5 Å². The Labute approximate surface area is 121 Å². The summed E-state index contributed by atoms with van der Waals surface area (Å²) in [6.45, 7) is 4.20. The van der Waals surface area contributed by atoms with Crippen molar-refractivity contribution in [3.05, 3.63) is 42.2 Å². The van der Waals surface area contributed by atoms with Gasteiger partial charge in [-0.2, -0.15) is 10.2 Å². The first kappa shape index (κ1) is 13.5. The number of aryl methyl sites for hydroxylation is 1. The Morgan fingerprint density at radius 2 is 2.00 bits per heavy atom. The van der Waals surface area contributed by atoms with Gasteiger partial charge in [0.15, 0.2) is 0 Å². The fraction of sp³-hybridized carbons (Fsp3) is 0.267. The van der Waals surface area contributed by atoms with E-state index >= 15 is 0 Å². The second-order valence-electron chi connectivity index (χ2n) is 5.28. The maximum atomic E-state index is 13.0. The van der Waals surface area contributed by atoms with E-state index in [0.29, 0.717) is 11.6 Å². The number of rotatable bonds is 3. The molecule has 0 fully saturated rings. The SMILES string of the molecule is CC(C)c1[nH]ncc1-c1cn(C)nc1-c1ccc(F)cn1. The van der Waals surface area contributed by atoms with E-state index in [9.17, 15) is 4.39 Å². The van der Waals surface area contributed by atoms with E-state index in [1.165, 1.54) is 12.3 Å². The van der Waals surface area contributed by atoms with Crippen molar-refractivity contribution in [3.8, 4) is 22.5 Å². The van der Waals surface area contributed by atoms with Crippen molar-refractivity contribution < 1.29 is 4.39 Å². The van der Waals surface area contributed by atoms with Gasteiger partial charge in [-0.3, -0.25) is 14.8 Å². The van der Waals surface area contributed by atoms with Gasteiger partial charge in [0.1, 0.15) is 11.5 Å².